The number of nitrogens with zero attached hydrogens (tertiary/aromatic N) is 2. The third-order valence-corrected chi connectivity index (χ3v) is 7.24. The van der Waals surface area contributed by atoms with E-state index in [-0.39, 0.29) is 24.4 Å². The number of carbonyl (C=O) groups excluding carboxylic acids is 3. The molecule has 34 heavy (non-hydrogen) atoms. The largest absolute Gasteiger partial charge is 0.348 e. The Hall–Kier alpha value is -3.15. The summed E-state index contributed by atoms with van der Waals surface area (Å²) in [6.45, 7) is 5.85. The molecule has 1 spiro atoms. The van der Waals surface area contributed by atoms with Gasteiger partial charge in [-0.05, 0) is 56.4 Å². The van der Waals surface area contributed by atoms with E-state index in [1.165, 1.54) is 4.90 Å². The van der Waals surface area contributed by atoms with Crippen LogP contribution in [-0.4, -0.2) is 34.8 Å². The summed E-state index contributed by atoms with van der Waals surface area (Å²) < 4.78 is 0. The minimum absolute atomic E-state index is 0.150. The van der Waals surface area contributed by atoms with Crippen LogP contribution in [0.15, 0.2) is 48.5 Å². The fourth-order valence-corrected chi connectivity index (χ4v) is 5.46. The van der Waals surface area contributed by atoms with Crippen molar-refractivity contribution in [2.75, 3.05) is 11.4 Å². The Kier molecular flexibility index (Phi) is 7.05. The number of carbonyl (C=O) groups is 3. The van der Waals surface area contributed by atoms with Crippen LogP contribution >= 0.6 is 0 Å². The lowest BCUT2D eigenvalue weighted by Crippen LogP contribution is -2.51. The standard InChI is InChI=1S/C28H35N3O3/c1-4-10-24(23-12-7-6-11-21(23)3)29-25(32)19-30-26(33)28(17-8-5-9-18-28)31(27(30)34)22-15-13-20(2)14-16-22/h6-7,11-16,24H,4-5,8-10,17-19H2,1-3H3,(H,29,32). The van der Waals surface area contributed by atoms with Crippen molar-refractivity contribution >= 4 is 23.5 Å². The third kappa shape index (κ3) is 4.46. The Morgan fingerprint density at radius 2 is 1.68 bits per heavy atom. The molecular formula is C28H35N3O3. The number of nitrogens with one attached hydrogen (secondary N) is 1. The summed E-state index contributed by atoms with van der Waals surface area (Å²) in [4.78, 5) is 43.3. The van der Waals surface area contributed by atoms with Crippen LogP contribution < -0.4 is 10.2 Å². The predicted octanol–water partition coefficient (Wildman–Crippen LogP) is 5.43. The Balaban J connectivity index is 1.58. The van der Waals surface area contributed by atoms with E-state index in [1.54, 1.807) is 4.90 Å². The summed E-state index contributed by atoms with van der Waals surface area (Å²) in [5.41, 5.74) is 3.11. The average Bonchev–Trinajstić information content (AvgIpc) is 3.01. The maximum atomic E-state index is 13.7. The van der Waals surface area contributed by atoms with Gasteiger partial charge in [-0.25, -0.2) is 4.79 Å². The second-order valence-corrected chi connectivity index (χ2v) is 9.70. The molecule has 1 saturated heterocycles. The third-order valence-electron chi connectivity index (χ3n) is 7.24. The summed E-state index contributed by atoms with van der Waals surface area (Å²) in [6, 6.07) is 15.2. The van der Waals surface area contributed by atoms with Gasteiger partial charge < -0.3 is 5.32 Å². The molecule has 4 amide bonds. The molecule has 0 radical (unpaired) electrons. The Morgan fingerprint density at radius 1 is 1.00 bits per heavy atom. The molecule has 6 heteroatoms. The molecule has 2 aromatic rings. The molecule has 1 heterocycles. The van der Waals surface area contributed by atoms with Crippen molar-refractivity contribution in [1.29, 1.82) is 0 Å². The van der Waals surface area contributed by atoms with Gasteiger partial charge in [0.05, 0.1) is 6.04 Å². The second kappa shape index (κ2) is 10.00. The molecule has 0 aromatic heterocycles. The van der Waals surface area contributed by atoms with Crippen LogP contribution in [0.4, 0.5) is 10.5 Å². The van der Waals surface area contributed by atoms with Crippen molar-refractivity contribution < 1.29 is 14.4 Å². The fourth-order valence-electron chi connectivity index (χ4n) is 5.46. The monoisotopic (exact) mass is 461 g/mol. The quantitative estimate of drug-likeness (QED) is 0.559. The van der Waals surface area contributed by atoms with Crippen LogP contribution in [0.1, 0.15) is 74.6 Å². The molecule has 2 aromatic carbocycles. The molecule has 0 bridgehead atoms. The van der Waals surface area contributed by atoms with Crippen LogP contribution in [0.2, 0.25) is 0 Å². The van der Waals surface area contributed by atoms with E-state index in [2.05, 4.69) is 12.2 Å². The Labute approximate surface area is 202 Å². The number of hydrogen-bond donors (Lipinski definition) is 1. The van der Waals surface area contributed by atoms with Crippen molar-refractivity contribution in [1.82, 2.24) is 10.2 Å². The van der Waals surface area contributed by atoms with E-state index < -0.39 is 11.6 Å². The molecule has 1 aliphatic carbocycles. The van der Waals surface area contributed by atoms with Crippen molar-refractivity contribution in [3.05, 3.63) is 65.2 Å². The lowest BCUT2D eigenvalue weighted by molar-refractivity contribution is -0.135. The first kappa shape index (κ1) is 24.0. The molecule has 180 valence electrons. The summed E-state index contributed by atoms with van der Waals surface area (Å²) in [5, 5.41) is 3.09. The summed E-state index contributed by atoms with van der Waals surface area (Å²) >= 11 is 0. The van der Waals surface area contributed by atoms with Crippen LogP contribution in [0, 0.1) is 13.8 Å². The highest BCUT2D eigenvalue weighted by molar-refractivity contribution is 6.18. The van der Waals surface area contributed by atoms with Gasteiger partial charge in [-0.15, -0.1) is 0 Å². The number of urea groups is 1. The zero-order valence-corrected chi connectivity index (χ0v) is 20.5. The van der Waals surface area contributed by atoms with Crippen LogP contribution in [0.3, 0.4) is 0 Å². The van der Waals surface area contributed by atoms with E-state index in [1.807, 2.05) is 62.4 Å². The van der Waals surface area contributed by atoms with Crippen LogP contribution in [0.5, 0.6) is 0 Å². The molecule has 1 atom stereocenters. The highest BCUT2D eigenvalue weighted by atomic mass is 16.2. The predicted molar refractivity (Wildman–Crippen MR) is 134 cm³/mol. The number of rotatable bonds is 7. The molecule has 4 rings (SSSR count). The second-order valence-electron chi connectivity index (χ2n) is 9.70. The minimum atomic E-state index is -0.885. The molecule has 2 aliphatic rings. The number of benzene rings is 2. The lowest BCUT2D eigenvalue weighted by atomic mass is 9.80. The minimum Gasteiger partial charge on any atom is -0.348 e. The van der Waals surface area contributed by atoms with Gasteiger partial charge in [-0.2, -0.15) is 0 Å². The maximum absolute atomic E-state index is 13.7. The van der Waals surface area contributed by atoms with Crippen molar-refractivity contribution in [2.24, 2.45) is 0 Å². The van der Waals surface area contributed by atoms with E-state index in [0.29, 0.717) is 12.8 Å². The van der Waals surface area contributed by atoms with E-state index >= 15 is 0 Å². The highest BCUT2D eigenvalue weighted by Gasteiger charge is 2.58. The zero-order chi connectivity index (χ0) is 24.3. The van der Waals surface area contributed by atoms with Crippen molar-refractivity contribution in [3.8, 4) is 0 Å². The smallest absolute Gasteiger partial charge is 0.332 e. The summed E-state index contributed by atoms with van der Waals surface area (Å²) in [6.07, 6.45) is 5.81. The van der Waals surface area contributed by atoms with Gasteiger partial charge in [0.15, 0.2) is 0 Å². The fraction of sp³-hybridized carbons (Fsp3) is 0.464. The first-order valence-corrected chi connectivity index (χ1v) is 12.4. The average molecular weight is 462 g/mol. The zero-order valence-electron chi connectivity index (χ0n) is 20.5. The van der Waals surface area contributed by atoms with Gasteiger partial charge in [0.25, 0.3) is 5.91 Å². The summed E-state index contributed by atoms with van der Waals surface area (Å²) in [5.74, 6) is -0.545. The number of amides is 4. The molecule has 2 fully saturated rings. The number of hydrogen-bond acceptors (Lipinski definition) is 3. The first-order valence-electron chi connectivity index (χ1n) is 12.4. The van der Waals surface area contributed by atoms with Gasteiger partial charge >= 0.3 is 6.03 Å². The van der Waals surface area contributed by atoms with Gasteiger partial charge in [-0.3, -0.25) is 19.4 Å². The summed E-state index contributed by atoms with van der Waals surface area (Å²) in [7, 11) is 0. The van der Waals surface area contributed by atoms with E-state index in [4.69, 9.17) is 0 Å². The number of anilines is 1. The van der Waals surface area contributed by atoms with Crippen LogP contribution in [0.25, 0.3) is 0 Å². The number of aryl methyl sites for hydroxylation is 2. The SMILES string of the molecule is CCCC(NC(=O)CN1C(=O)N(c2ccc(C)cc2)C2(CCCCC2)C1=O)c1ccccc1C. The van der Waals surface area contributed by atoms with E-state index in [9.17, 15) is 14.4 Å². The highest BCUT2D eigenvalue weighted by Crippen LogP contribution is 2.43. The van der Waals surface area contributed by atoms with Crippen molar-refractivity contribution in [3.63, 3.8) is 0 Å². The lowest BCUT2D eigenvalue weighted by Gasteiger charge is -2.38. The Morgan fingerprint density at radius 3 is 2.32 bits per heavy atom. The van der Waals surface area contributed by atoms with Gasteiger partial charge in [0.1, 0.15) is 12.1 Å². The topological polar surface area (TPSA) is 69.7 Å². The van der Waals surface area contributed by atoms with Crippen molar-refractivity contribution in [2.45, 2.75) is 77.3 Å². The van der Waals surface area contributed by atoms with Gasteiger partial charge in [0, 0.05) is 5.69 Å². The van der Waals surface area contributed by atoms with Crippen LogP contribution in [-0.2, 0) is 9.59 Å². The van der Waals surface area contributed by atoms with Gasteiger partial charge in [0.2, 0.25) is 5.91 Å². The number of imide groups is 1. The maximum Gasteiger partial charge on any atom is 0.332 e. The molecule has 1 saturated carbocycles. The van der Waals surface area contributed by atoms with Gasteiger partial charge in [-0.1, -0.05) is 74.6 Å². The molecule has 1 unspecified atom stereocenters. The normalized spacial score (nSPS) is 18.4. The molecule has 6 nitrogen and oxygen atoms in total. The molecular weight excluding hydrogens is 426 g/mol. The molecule has 1 aliphatic heterocycles. The Bertz CT molecular complexity index is 1060. The van der Waals surface area contributed by atoms with E-state index in [0.717, 1.165) is 54.5 Å². The molecule has 1 N–H and O–H groups in total. The first-order chi connectivity index (χ1) is 16.4.